The lowest BCUT2D eigenvalue weighted by atomic mass is 9.86. The van der Waals surface area contributed by atoms with E-state index in [-0.39, 0.29) is 23.5 Å². The number of hydrogen-bond donors (Lipinski definition) is 3. The van der Waals surface area contributed by atoms with Crippen molar-refractivity contribution < 1.29 is 19.1 Å². The monoisotopic (exact) mass is 514 g/mol. The van der Waals surface area contributed by atoms with E-state index in [1.807, 2.05) is 49.4 Å². The Morgan fingerprint density at radius 1 is 1.00 bits per heavy atom. The first-order valence-electron chi connectivity index (χ1n) is 11.8. The molecule has 188 valence electrons. The van der Waals surface area contributed by atoms with Crippen molar-refractivity contribution in [2.75, 3.05) is 23.5 Å². The second-order valence-corrected chi connectivity index (χ2v) is 9.74. The molecule has 1 unspecified atom stereocenters. The maximum absolute atomic E-state index is 13.6. The summed E-state index contributed by atoms with van der Waals surface area (Å²) in [6, 6.07) is 18.4. The Morgan fingerprint density at radius 2 is 1.73 bits per heavy atom. The average Bonchev–Trinajstić information content (AvgIpc) is 3.47. The van der Waals surface area contributed by atoms with Crippen LogP contribution in [-0.4, -0.2) is 35.2 Å². The molecule has 2 aliphatic heterocycles. The minimum Gasteiger partial charge on any atom is -0.495 e. The lowest BCUT2D eigenvalue weighted by molar-refractivity contribution is -0.114. The molecule has 2 aliphatic rings. The number of benzene rings is 2. The molecular formula is C28H26N4O4S. The van der Waals surface area contributed by atoms with Crippen LogP contribution in [0.4, 0.5) is 11.4 Å². The smallest absolute Gasteiger partial charge is 0.261 e. The highest BCUT2D eigenvalue weighted by Crippen LogP contribution is 2.46. The van der Waals surface area contributed by atoms with Gasteiger partial charge in [-0.25, -0.2) is 0 Å². The van der Waals surface area contributed by atoms with Gasteiger partial charge >= 0.3 is 0 Å². The minimum absolute atomic E-state index is 0.102. The number of para-hydroxylation sites is 3. The zero-order chi connectivity index (χ0) is 26.1. The van der Waals surface area contributed by atoms with Crippen LogP contribution in [-0.2, 0) is 9.59 Å². The molecule has 0 saturated heterocycles. The van der Waals surface area contributed by atoms with Crippen LogP contribution in [0.3, 0.4) is 0 Å². The third-order valence-electron chi connectivity index (χ3n) is 6.42. The minimum atomic E-state index is -0.555. The van der Waals surface area contributed by atoms with Gasteiger partial charge in [-0.3, -0.25) is 19.0 Å². The van der Waals surface area contributed by atoms with Gasteiger partial charge in [0.15, 0.2) is 0 Å². The van der Waals surface area contributed by atoms with E-state index in [4.69, 9.17) is 4.74 Å². The Kier molecular flexibility index (Phi) is 6.62. The van der Waals surface area contributed by atoms with Gasteiger partial charge in [-0.15, -0.1) is 0 Å². The lowest BCUT2D eigenvalue weighted by Gasteiger charge is -2.27. The van der Waals surface area contributed by atoms with Crippen molar-refractivity contribution in [3.8, 4) is 5.75 Å². The third kappa shape index (κ3) is 4.53. The Hall–Kier alpha value is -4.24. The van der Waals surface area contributed by atoms with E-state index < -0.39 is 5.92 Å². The number of methoxy groups -OCH3 is 1. The molecule has 3 N–H and O–H groups in total. The fourth-order valence-electron chi connectivity index (χ4n) is 4.65. The van der Waals surface area contributed by atoms with Crippen molar-refractivity contribution >= 4 is 40.9 Å². The quantitative estimate of drug-likeness (QED) is 0.425. The largest absolute Gasteiger partial charge is 0.495 e. The summed E-state index contributed by atoms with van der Waals surface area (Å²) >= 11 is 1.25. The first-order valence-corrected chi connectivity index (χ1v) is 12.7. The summed E-state index contributed by atoms with van der Waals surface area (Å²) in [5, 5.41) is 9.66. The van der Waals surface area contributed by atoms with Crippen molar-refractivity contribution in [3.05, 3.63) is 100.0 Å². The lowest BCUT2D eigenvalue weighted by Crippen LogP contribution is -2.31. The molecule has 5 rings (SSSR count). The molecule has 1 atom stereocenters. The van der Waals surface area contributed by atoms with Gasteiger partial charge in [-0.1, -0.05) is 42.1 Å². The molecule has 3 aromatic rings. The van der Waals surface area contributed by atoms with E-state index in [1.54, 1.807) is 43.0 Å². The molecule has 0 radical (unpaired) electrons. The molecule has 3 heterocycles. The number of carbonyl (C=O) groups is 3. The molecule has 9 heteroatoms. The van der Waals surface area contributed by atoms with Gasteiger partial charge < -0.3 is 20.7 Å². The van der Waals surface area contributed by atoms with E-state index >= 15 is 0 Å². The normalized spacial score (nSPS) is 16.2. The van der Waals surface area contributed by atoms with Crippen molar-refractivity contribution in [2.45, 2.75) is 19.8 Å². The maximum Gasteiger partial charge on any atom is 0.261 e. The van der Waals surface area contributed by atoms with E-state index in [0.717, 1.165) is 11.3 Å². The first kappa shape index (κ1) is 24.5. The zero-order valence-electron chi connectivity index (χ0n) is 20.6. The molecule has 0 aliphatic carbocycles. The summed E-state index contributed by atoms with van der Waals surface area (Å²) in [7, 11) is 1.54. The summed E-state index contributed by atoms with van der Waals surface area (Å²) in [5.41, 5.74) is 4.49. The standard InChI is InChI=1S/C28H26N4O4S/c1-16-9-4-5-10-18(16)30-22(33)15-37-27-25-24(20-12-8-14-32(20)28(25)35)23(17(2)29-27)26(34)31-19-11-6-7-13-21(19)36-3/h4-14,24,29H,15H2,1-3H3,(H,30,33)(H,31,34). The highest BCUT2D eigenvalue weighted by Gasteiger charge is 2.44. The Labute approximate surface area is 218 Å². The maximum atomic E-state index is 13.6. The number of fused-ring (bicyclic) bond motifs is 3. The first-order chi connectivity index (χ1) is 17.9. The number of aromatic nitrogens is 1. The Balaban J connectivity index is 1.42. The predicted octanol–water partition coefficient (Wildman–Crippen LogP) is 4.64. The number of carbonyl (C=O) groups excluding carboxylic acids is 3. The SMILES string of the molecule is COc1ccccc1NC(=O)C1=C(C)NC(SCC(=O)Nc2ccccc2C)=C2C(=O)n3cccc3C12. The molecule has 1 aromatic heterocycles. The summed E-state index contributed by atoms with van der Waals surface area (Å²) < 4.78 is 6.93. The molecular weight excluding hydrogens is 488 g/mol. The van der Waals surface area contributed by atoms with E-state index in [1.165, 1.54) is 11.8 Å². The van der Waals surface area contributed by atoms with Crippen LogP contribution in [0.2, 0.25) is 0 Å². The average molecular weight is 515 g/mol. The van der Waals surface area contributed by atoms with Crippen LogP contribution in [0.1, 0.15) is 28.9 Å². The molecule has 2 amide bonds. The molecule has 8 nitrogen and oxygen atoms in total. The second kappa shape index (κ2) is 10.0. The number of hydrogen-bond acceptors (Lipinski definition) is 6. The van der Waals surface area contributed by atoms with Gasteiger partial charge in [0.1, 0.15) is 5.75 Å². The molecule has 0 fully saturated rings. The summed E-state index contributed by atoms with van der Waals surface area (Å²) in [6.07, 6.45) is 1.70. The highest BCUT2D eigenvalue weighted by atomic mass is 32.2. The summed E-state index contributed by atoms with van der Waals surface area (Å²) in [6.45, 7) is 3.73. The van der Waals surface area contributed by atoms with Crippen LogP contribution in [0.15, 0.2) is 88.7 Å². The fourth-order valence-corrected chi connectivity index (χ4v) is 5.58. The van der Waals surface area contributed by atoms with Crippen molar-refractivity contribution in [2.24, 2.45) is 0 Å². The Bertz CT molecular complexity index is 1490. The van der Waals surface area contributed by atoms with Crippen LogP contribution >= 0.6 is 11.8 Å². The van der Waals surface area contributed by atoms with Crippen LogP contribution in [0.25, 0.3) is 0 Å². The molecule has 0 spiro atoms. The van der Waals surface area contributed by atoms with E-state index in [9.17, 15) is 14.4 Å². The number of allylic oxidation sites excluding steroid dienone is 2. The number of ether oxygens (including phenoxy) is 1. The fraction of sp³-hybridized carbons (Fsp3) is 0.179. The van der Waals surface area contributed by atoms with Gasteiger partial charge in [0.25, 0.3) is 11.8 Å². The van der Waals surface area contributed by atoms with Crippen molar-refractivity contribution in [1.29, 1.82) is 0 Å². The van der Waals surface area contributed by atoms with Gasteiger partial charge in [-0.05, 0) is 49.7 Å². The number of nitrogens with zero attached hydrogens (tertiary/aromatic N) is 1. The van der Waals surface area contributed by atoms with Gasteiger partial charge in [0.05, 0.1) is 35.1 Å². The van der Waals surface area contributed by atoms with Crippen LogP contribution in [0.5, 0.6) is 5.75 Å². The number of dihydropyridines is 1. The molecule has 37 heavy (non-hydrogen) atoms. The number of aryl methyl sites for hydroxylation is 1. The highest BCUT2D eigenvalue weighted by molar-refractivity contribution is 8.03. The number of rotatable bonds is 7. The van der Waals surface area contributed by atoms with E-state index in [2.05, 4.69) is 16.0 Å². The Morgan fingerprint density at radius 3 is 2.49 bits per heavy atom. The van der Waals surface area contributed by atoms with Gasteiger partial charge in [0.2, 0.25) is 5.91 Å². The summed E-state index contributed by atoms with van der Waals surface area (Å²) in [5.74, 6) is -0.645. The number of amides is 2. The summed E-state index contributed by atoms with van der Waals surface area (Å²) in [4.78, 5) is 39.7. The zero-order valence-corrected chi connectivity index (χ0v) is 21.4. The number of thioether (sulfide) groups is 1. The molecule has 0 saturated carbocycles. The van der Waals surface area contributed by atoms with Crippen molar-refractivity contribution in [3.63, 3.8) is 0 Å². The van der Waals surface area contributed by atoms with Crippen LogP contribution < -0.4 is 20.7 Å². The van der Waals surface area contributed by atoms with E-state index in [0.29, 0.717) is 39.0 Å². The molecule has 2 aromatic carbocycles. The van der Waals surface area contributed by atoms with Crippen LogP contribution in [0, 0.1) is 6.92 Å². The van der Waals surface area contributed by atoms with Gasteiger partial charge in [0, 0.05) is 28.8 Å². The molecule has 0 bridgehead atoms. The predicted molar refractivity (Wildman–Crippen MR) is 145 cm³/mol. The number of anilines is 2. The second-order valence-electron chi connectivity index (χ2n) is 8.75. The number of nitrogens with one attached hydrogen (secondary N) is 3. The topological polar surface area (TPSA) is 101 Å². The third-order valence-corrected chi connectivity index (χ3v) is 7.44. The van der Waals surface area contributed by atoms with Crippen molar-refractivity contribution in [1.82, 2.24) is 9.88 Å². The van der Waals surface area contributed by atoms with Gasteiger partial charge in [-0.2, -0.15) is 0 Å².